The van der Waals surface area contributed by atoms with Gasteiger partial charge in [0.25, 0.3) is 5.78 Å². The number of hydrogen-bond acceptors (Lipinski definition) is 5. The molecule has 0 bridgehead atoms. The molecule has 3 heterocycles. The quantitative estimate of drug-likeness (QED) is 0.728. The van der Waals surface area contributed by atoms with Crippen LogP contribution in [0.25, 0.3) is 5.78 Å². The molecule has 0 aliphatic carbocycles. The van der Waals surface area contributed by atoms with Crippen molar-refractivity contribution in [1.82, 2.24) is 19.6 Å². The SMILES string of the molecule is Cc1cc(Cl)n2nc(NCc3ccc4c(c3)CCN4)nc2n1. The summed E-state index contributed by atoms with van der Waals surface area (Å²) in [7, 11) is 0. The Kier molecular flexibility index (Phi) is 3.11. The van der Waals surface area contributed by atoms with E-state index in [0.717, 1.165) is 18.7 Å². The molecule has 0 saturated heterocycles. The molecule has 0 amide bonds. The Morgan fingerprint density at radius 3 is 3.14 bits per heavy atom. The van der Waals surface area contributed by atoms with Crippen LogP contribution in [0.15, 0.2) is 24.3 Å². The first-order valence-corrected chi connectivity index (χ1v) is 7.56. The molecule has 7 heteroatoms. The minimum absolute atomic E-state index is 0.505. The van der Waals surface area contributed by atoms with E-state index in [1.807, 2.05) is 6.92 Å². The van der Waals surface area contributed by atoms with Gasteiger partial charge >= 0.3 is 0 Å². The lowest BCUT2D eigenvalue weighted by Crippen LogP contribution is -2.01. The van der Waals surface area contributed by atoms with Crippen molar-refractivity contribution in [2.45, 2.75) is 19.9 Å². The van der Waals surface area contributed by atoms with Gasteiger partial charge in [-0.2, -0.15) is 9.50 Å². The summed E-state index contributed by atoms with van der Waals surface area (Å²) in [6.07, 6.45) is 1.08. The topological polar surface area (TPSA) is 67.1 Å². The summed E-state index contributed by atoms with van der Waals surface area (Å²) >= 11 is 6.14. The lowest BCUT2D eigenvalue weighted by atomic mass is 10.1. The molecule has 1 aromatic carbocycles. The lowest BCUT2D eigenvalue weighted by molar-refractivity contribution is 0.924. The van der Waals surface area contributed by atoms with Gasteiger partial charge < -0.3 is 10.6 Å². The number of benzene rings is 1. The van der Waals surface area contributed by atoms with Crippen LogP contribution in [-0.4, -0.2) is 26.1 Å². The van der Waals surface area contributed by atoms with Crippen LogP contribution in [0, 0.1) is 6.92 Å². The Bertz CT molecular complexity index is 857. The van der Waals surface area contributed by atoms with E-state index >= 15 is 0 Å². The number of nitrogens with one attached hydrogen (secondary N) is 2. The number of anilines is 2. The fourth-order valence-corrected chi connectivity index (χ4v) is 2.94. The van der Waals surface area contributed by atoms with E-state index in [2.05, 4.69) is 43.9 Å². The van der Waals surface area contributed by atoms with Gasteiger partial charge in [-0.3, -0.25) is 0 Å². The van der Waals surface area contributed by atoms with Gasteiger partial charge in [0.2, 0.25) is 5.95 Å². The minimum atomic E-state index is 0.505. The number of nitrogens with zero attached hydrogens (tertiary/aromatic N) is 4. The first-order valence-electron chi connectivity index (χ1n) is 7.18. The van der Waals surface area contributed by atoms with E-state index < -0.39 is 0 Å². The minimum Gasteiger partial charge on any atom is -0.384 e. The Balaban J connectivity index is 1.55. The zero-order valence-electron chi connectivity index (χ0n) is 12.1. The number of aromatic nitrogens is 4. The van der Waals surface area contributed by atoms with E-state index in [1.165, 1.54) is 21.3 Å². The van der Waals surface area contributed by atoms with E-state index in [-0.39, 0.29) is 0 Å². The molecule has 0 unspecified atom stereocenters. The first kappa shape index (κ1) is 13.3. The van der Waals surface area contributed by atoms with Crippen LogP contribution in [0.5, 0.6) is 0 Å². The summed E-state index contributed by atoms with van der Waals surface area (Å²) in [5.41, 5.74) is 4.63. The highest BCUT2D eigenvalue weighted by molar-refractivity contribution is 6.29. The van der Waals surface area contributed by atoms with Crippen LogP contribution in [0.3, 0.4) is 0 Å². The number of fused-ring (bicyclic) bond motifs is 2. The van der Waals surface area contributed by atoms with Crippen molar-refractivity contribution in [2.24, 2.45) is 0 Å². The lowest BCUT2D eigenvalue weighted by Gasteiger charge is -2.05. The van der Waals surface area contributed by atoms with Crippen LogP contribution in [0.1, 0.15) is 16.8 Å². The largest absolute Gasteiger partial charge is 0.384 e. The third-order valence-electron chi connectivity index (χ3n) is 3.73. The van der Waals surface area contributed by atoms with Gasteiger partial charge in [-0.15, -0.1) is 5.10 Å². The Morgan fingerprint density at radius 1 is 1.32 bits per heavy atom. The normalized spacial score (nSPS) is 13.2. The van der Waals surface area contributed by atoms with Crippen molar-refractivity contribution in [3.05, 3.63) is 46.2 Å². The predicted molar refractivity (Wildman–Crippen MR) is 86.5 cm³/mol. The zero-order valence-corrected chi connectivity index (χ0v) is 12.9. The van der Waals surface area contributed by atoms with Gasteiger partial charge in [-0.05, 0) is 36.6 Å². The van der Waals surface area contributed by atoms with Crippen molar-refractivity contribution < 1.29 is 0 Å². The highest BCUT2D eigenvalue weighted by atomic mass is 35.5. The van der Waals surface area contributed by atoms with Crippen LogP contribution in [0.2, 0.25) is 5.15 Å². The maximum absolute atomic E-state index is 6.14. The monoisotopic (exact) mass is 314 g/mol. The second-order valence-corrected chi connectivity index (χ2v) is 5.78. The van der Waals surface area contributed by atoms with Crippen LogP contribution < -0.4 is 10.6 Å². The van der Waals surface area contributed by atoms with Crippen LogP contribution >= 0.6 is 11.6 Å². The molecular formula is C15H15ClN6. The molecule has 2 aromatic heterocycles. The molecule has 6 nitrogen and oxygen atoms in total. The van der Waals surface area contributed by atoms with Gasteiger partial charge in [-0.25, -0.2) is 4.98 Å². The van der Waals surface area contributed by atoms with Crippen molar-refractivity contribution >= 4 is 29.0 Å². The van der Waals surface area contributed by atoms with Gasteiger partial charge in [0.05, 0.1) is 0 Å². The van der Waals surface area contributed by atoms with Gasteiger partial charge in [0.1, 0.15) is 5.15 Å². The molecule has 1 aliphatic heterocycles. The van der Waals surface area contributed by atoms with Gasteiger partial charge in [-0.1, -0.05) is 23.7 Å². The second-order valence-electron chi connectivity index (χ2n) is 5.39. The molecule has 0 saturated carbocycles. The average Bonchev–Trinajstić information content (AvgIpc) is 3.10. The van der Waals surface area contributed by atoms with E-state index in [1.54, 1.807) is 6.07 Å². The zero-order chi connectivity index (χ0) is 15.1. The first-order chi connectivity index (χ1) is 10.7. The van der Waals surface area contributed by atoms with E-state index in [9.17, 15) is 0 Å². The van der Waals surface area contributed by atoms with Crippen LogP contribution in [-0.2, 0) is 13.0 Å². The van der Waals surface area contributed by atoms with Crippen LogP contribution in [0.4, 0.5) is 11.6 Å². The summed E-state index contributed by atoms with van der Waals surface area (Å²) in [4.78, 5) is 8.67. The Labute approximate surface area is 132 Å². The number of halogens is 1. The van der Waals surface area contributed by atoms with Crippen molar-refractivity contribution in [1.29, 1.82) is 0 Å². The van der Waals surface area contributed by atoms with Gasteiger partial charge in [0, 0.05) is 24.5 Å². The summed E-state index contributed by atoms with van der Waals surface area (Å²) in [5, 5.41) is 11.4. The maximum atomic E-state index is 6.14. The molecule has 0 atom stereocenters. The maximum Gasteiger partial charge on any atom is 0.255 e. The predicted octanol–water partition coefficient (Wildman–Crippen LogP) is 2.67. The highest BCUT2D eigenvalue weighted by Crippen LogP contribution is 2.23. The molecule has 2 N–H and O–H groups in total. The molecule has 1 aliphatic rings. The van der Waals surface area contributed by atoms with E-state index in [0.29, 0.717) is 23.4 Å². The summed E-state index contributed by atoms with van der Waals surface area (Å²) in [5.74, 6) is 1.03. The summed E-state index contributed by atoms with van der Waals surface area (Å²) < 4.78 is 1.53. The molecule has 3 aromatic rings. The third-order valence-corrected chi connectivity index (χ3v) is 4.00. The molecular weight excluding hydrogens is 300 g/mol. The fourth-order valence-electron chi connectivity index (χ4n) is 2.67. The van der Waals surface area contributed by atoms with Gasteiger partial charge in [0.15, 0.2) is 0 Å². The second kappa shape index (κ2) is 5.14. The fraction of sp³-hybridized carbons (Fsp3) is 0.267. The molecule has 0 radical (unpaired) electrons. The Morgan fingerprint density at radius 2 is 2.23 bits per heavy atom. The van der Waals surface area contributed by atoms with Crippen molar-refractivity contribution in [3.8, 4) is 0 Å². The highest BCUT2D eigenvalue weighted by Gasteiger charge is 2.11. The molecule has 112 valence electrons. The Hall–Kier alpha value is -2.34. The van der Waals surface area contributed by atoms with Crippen molar-refractivity contribution in [2.75, 3.05) is 17.2 Å². The van der Waals surface area contributed by atoms with E-state index in [4.69, 9.17) is 11.6 Å². The third kappa shape index (κ3) is 2.35. The molecule has 22 heavy (non-hydrogen) atoms. The number of hydrogen-bond donors (Lipinski definition) is 2. The molecule has 0 fully saturated rings. The molecule has 0 spiro atoms. The smallest absolute Gasteiger partial charge is 0.255 e. The van der Waals surface area contributed by atoms with Crippen molar-refractivity contribution in [3.63, 3.8) is 0 Å². The summed E-state index contributed by atoms with van der Waals surface area (Å²) in [6, 6.07) is 8.21. The summed E-state index contributed by atoms with van der Waals surface area (Å²) in [6.45, 7) is 3.57. The molecule has 4 rings (SSSR count). The standard InChI is InChI=1S/C15H15ClN6/c1-9-6-13(16)22-15(19-9)20-14(21-22)18-8-10-2-3-12-11(7-10)4-5-17-12/h2-3,6-7,17H,4-5,8H2,1H3,(H,18,21). The average molecular weight is 315 g/mol. The number of aryl methyl sites for hydroxylation is 1. The number of rotatable bonds is 3.